The first-order valence-electron chi connectivity index (χ1n) is 7.88. The highest BCUT2D eigenvalue weighted by Gasteiger charge is 2.25. The molecule has 1 aliphatic carbocycles. The van der Waals surface area contributed by atoms with Gasteiger partial charge in [0.25, 0.3) is 5.91 Å². The van der Waals surface area contributed by atoms with Gasteiger partial charge in [0.05, 0.1) is 6.61 Å². The molecule has 3 atom stereocenters. The number of hydrogen-bond donors (Lipinski definition) is 2. The number of benzene rings is 1. The average molecular weight is 290 g/mol. The summed E-state index contributed by atoms with van der Waals surface area (Å²) in [5, 5.41) is 2.87. The zero-order valence-corrected chi connectivity index (χ0v) is 12.8. The zero-order valence-electron chi connectivity index (χ0n) is 12.8. The van der Waals surface area contributed by atoms with E-state index in [2.05, 4.69) is 5.32 Å². The Balaban J connectivity index is 1.78. The molecule has 1 fully saturated rings. The fraction of sp³-hybridized carbons (Fsp3) is 0.588. The fourth-order valence-electron chi connectivity index (χ4n) is 2.92. The number of carbonyl (C=O) groups excluding carboxylic acids is 1. The van der Waals surface area contributed by atoms with E-state index in [-0.39, 0.29) is 5.91 Å². The first-order chi connectivity index (χ1) is 10.2. The topological polar surface area (TPSA) is 64.3 Å². The molecule has 0 radical (unpaired) electrons. The van der Waals surface area contributed by atoms with Gasteiger partial charge in [0.15, 0.2) is 0 Å². The summed E-state index contributed by atoms with van der Waals surface area (Å²) in [6, 6.07) is 9.46. The lowest BCUT2D eigenvalue weighted by molar-refractivity contribution is -0.127. The summed E-state index contributed by atoms with van der Waals surface area (Å²) in [7, 11) is 0. The van der Waals surface area contributed by atoms with Crippen LogP contribution in [-0.4, -0.2) is 25.2 Å². The molecule has 4 nitrogen and oxygen atoms in total. The van der Waals surface area contributed by atoms with Crippen molar-refractivity contribution in [2.75, 3.05) is 18.5 Å². The summed E-state index contributed by atoms with van der Waals surface area (Å²) >= 11 is 0. The predicted octanol–water partition coefficient (Wildman–Crippen LogP) is 2.80. The van der Waals surface area contributed by atoms with Gasteiger partial charge < -0.3 is 15.8 Å². The maximum Gasteiger partial charge on any atom is 0.253 e. The van der Waals surface area contributed by atoms with Crippen LogP contribution in [0.4, 0.5) is 5.69 Å². The highest BCUT2D eigenvalue weighted by Crippen LogP contribution is 2.29. The standard InChI is InChI=1S/C17H26N2O2/c1-13(17(20)19-16-9-3-2-4-10-16)21-12-15-8-6-5-7-14(15)11-18/h2-4,9-10,13-15H,5-8,11-12,18H2,1H3,(H,19,20). The molecule has 0 aromatic heterocycles. The molecule has 1 saturated carbocycles. The summed E-state index contributed by atoms with van der Waals surface area (Å²) in [4.78, 5) is 12.1. The van der Waals surface area contributed by atoms with Gasteiger partial charge in [-0.05, 0) is 50.3 Å². The first-order valence-corrected chi connectivity index (χ1v) is 7.88. The lowest BCUT2D eigenvalue weighted by Gasteiger charge is -2.31. The molecule has 21 heavy (non-hydrogen) atoms. The largest absolute Gasteiger partial charge is 0.368 e. The van der Waals surface area contributed by atoms with Gasteiger partial charge in [-0.15, -0.1) is 0 Å². The Hall–Kier alpha value is -1.39. The minimum absolute atomic E-state index is 0.0960. The van der Waals surface area contributed by atoms with E-state index >= 15 is 0 Å². The van der Waals surface area contributed by atoms with Crippen LogP contribution in [0, 0.1) is 11.8 Å². The van der Waals surface area contributed by atoms with Crippen LogP contribution in [0.2, 0.25) is 0 Å². The van der Waals surface area contributed by atoms with E-state index in [0.717, 1.165) is 18.7 Å². The summed E-state index contributed by atoms with van der Waals surface area (Å²) in [6.07, 6.45) is 4.42. The van der Waals surface area contributed by atoms with E-state index in [4.69, 9.17) is 10.5 Å². The van der Waals surface area contributed by atoms with Gasteiger partial charge in [-0.25, -0.2) is 0 Å². The Morgan fingerprint density at radius 2 is 1.95 bits per heavy atom. The van der Waals surface area contributed by atoms with Gasteiger partial charge in [-0.3, -0.25) is 4.79 Å². The van der Waals surface area contributed by atoms with Crippen molar-refractivity contribution in [2.24, 2.45) is 17.6 Å². The molecule has 0 bridgehead atoms. The van der Waals surface area contributed by atoms with Crippen LogP contribution in [0.25, 0.3) is 0 Å². The van der Waals surface area contributed by atoms with Crippen molar-refractivity contribution in [1.29, 1.82) is 0 Å². The van der Waals surface area contributed by atoms with E-state index in [1.807, 2.05) is 30.3 Å². The maximum atomic E-state index is 12.1. The number of hydrogen-bond acceptors (Lipinski definition) is 3. The number of anilines is 1. The Morgan fingerprint density at radius 1 is 1.29 bits per heavy atom. The van der Waals surface area contributed by atoms with Crippen LogP contribution in [0.5, 0.6) is 0 Å². The minimum atomic E-state index is -0.439. The number of rotatable bonds is 6. The third-order valence-corrected chi connectivity index (χ3v) is 4.34. The van der Waals surface area contributed by atoms with Crippen LogP contribution in [0.15, 0.2) is 30.3 Å². The normalized spacial score (nSPS) is 23.5. The maximum absolute atomic E-state index is 12.1. The molecule has 0 spiro atoms. The zero-order chi connectivity index (χ0) is 15.1. The van der Waals surface area contributed by atoms with Crippen LogP contribution in [0.3, 0.4) is 0 Å². The van der Waals surface area contributed by atoms with E-state index in [1.165, 1.54) is 19.3 Å². The minimum Gasteiger partial charge on any atom is -0.368 e. The molecule has 0 aliphatic heterocycles. The third-order valence-electron chi connectivity index (χ3n) is 4.34. The van der Waals surface area contributed by atoms with Crippen molar-refractivity contribution >= 4 is 11.6 Å². The molecular formula is C17H26N2O2. The second-order valence-corrected chi connectivity index (χ2v) is 5.87. The first kappa shape index (κ1) is 16.0. The van der Waals surface area contributed by atoms with Crippen molar-refractivity contribution in [3.05, 3.63) is 30.3 Å². The van der Waals surface area contributed by atoms with Crippen molar-refractivity contribution in [2.45, 2.75) is 38.7 Å². The lowest BCUT2D eigenvalue weighted by Crippen LogP contribution is -2.34. The third kappa shape index (κ3) is 4.83. The van der Waals surface area contributed by atoms with Gasteiger partial charge in [0, 0.05) is 5.69 Å². The highest BCUT2D eigenvalue weighted by molar-refractivity contribution is 5.93. The van der Waals surface area contributed by atoms with E-state index in [9.17, 15) is 4.79 Å². The lowest BCUT2D eigenvalue weighted by atomic mass is 9.80. The van der Waals surface area contributed by atoms with Gasteiger partial charge in [-0.2, -0.15) is 0 Å². The second kappa shape index (κ2) is 8.15. The van der Waals surface area contributed by atoms with E-state index < -0.39 is 6.10 Å². The number of amides is 1. The Kier molecular flexibility index (Phi) is 6.21. The molecule has 116 valence electrons. The molecule has 3 N–H and O–H groups in total. The number of carbonyl (C=O) groups is 1. The van der Waals surface area contributed by atoms with Crippen molar-refractivity contribution < 1.29 is 9.53 Å². The highest BCUT2D eigenvalue weighted by atomic mass is 16.5. The molecular weight excluding hydrogens is 264 g/mol. The SMILES string of the molecule is CC(OCC1CCCCC1CN)C(=O)Nc1ccccc1. The number of nitrogens with one attached hydrogen (secondary N) is 1. The quantitative estimate of drug-likeness (QED) is 0.846. The van der Waals surface area contributed by atoms with Gasteiger partial charge in [0.1, 0.15) is 6.10 Å². The Bertz CT molecular complexity index is 436. The van der Waals surface area contributed by atoms with Crippen LogP contribution < -0.4 is 11.1 Å². The summed E-state index contributed by atoms with van der Waals surface area (Å²) < 4.78 is 5.78. The van der Waals surface area contributed by atoms with Crippen LogP contribution in [0.1, 0.15) is 32.6 Å². The molecule has 1 aromatic carbocycles. The van der Waals surface area contributed by atoms with Crippen molar-refractivity contribution in [3.8, 4) is 0 Å². The van der Waals surface area contributed by atoms with Crippen LogP contribution in [-0.2, 0) is 9.53 Å². The Labute approximate surface area is 127 Å². The van der Waals surface area contributed by atoms with Crippen molar-refractivity contribution in [3.63, 3.8) is 0 Å². The second-order valence-electron chi connectivity index (χ2n) is 5.87. The summed E-state index contributed by atoms with van der Waals surface area (Å²) in [5.41, 5.74) is 6.63. The number of para-hydroxylation sites is 1. The van der Waals surface area contributed by atoms with E-state index in [0.29, 0.717) is 18.4 Å². The molecule has 3 unspecified atom stereocenters. The van der Waals surface area contributed by atoms with Crippen LogP contribution >= 0.6 is 0 Å². The molecule has 1 amide bonds. The van der Waals surface area contributed by atoms with Crippen molar-refractivity contribution in [1.82, 2.24) is 0 Å². The molecule has 4 heteroatoms. The molecule has 0 saturated heterocycles. The monoisotopic (exact) mass is 290 g/mol. The fourth-order valence-corrected chi connectivity index (χ4v) is 2.92. The summed E-state index contributed by atoms with van der Waals surface area (Å²) in [6.45, 7) is 3.16. The molecule has 0 heterocycles. The average Bonchev–Trinajstić information content (AvgIpc) is 2.53. The number of ether oxygens (including phenoxy) is 1. The smallest absolute Gasteiger partial charge is 0.253 e. The Morgan fingerprint density at radius 3 is 2.62 bits per heavy atom. The van der Waals surface area contributed by atoms with Gasteiger partial charge in [-0.1, -0.05) is 31.0 Å². The summed E-state index contributed by atoms with van der Waals surface area (Å²) in [5.74, 6) is 0.945. The molecule has 1 aliphatic rings. The van der Waals surface area contributed by atoms with Gasteiger partial charge >= 0.3 is 0 Å². The molecule has 2 rings (SSSR count). The molecule has 1 aromatic rings. The van der Waals surface area contributed by atoms with E-state index in [1.54, 1.807) is 6.92 Å². The predicted molar refractivity (Wildman–Crippen MR) is 85.0 cm³/mol. The number of nitrogens with two attached hydrogens (primary N) is 1. The van der Waals surface area contributed by atoms with Gasteiger partial charge in [0.2, 0.25) is 0 Å².